The molecule has 0 unspecified atom stereocenters. The quantitative estimate of drug-likeness (QED) is 0.568. The van der Waals surface area contributed by atoms with Crippen LogP contribution in [0.25, 0.3) is 15.2 Å². The molecule has 2 aromatic carbocycles. The largest absolute Gasteiger partial charge is 0.279 e. The van der Waals surface area contributed by atoms with Gasteiger partial charge in [0.25, 0.3) is 5.56 Å². The average molecular weight is 403 g/mol. The Bertz CT molecular complexity index is 1330. The number of aromatic nitrogens is 2. The Labute approximate surface area is 158 Å². The molecule has 0 saturated heterocycles. The SMILES string of the molecule is Cc1nc2sc3ccccc3n2c(=O)c1S(=O)(=O)NCc1ccc(F)cc1. The van der Waals surface area contributed by atoms with Crippen LogP contribution in [-0.4, -0.2) is 17.8 Å². The first-order valence-electron chi connectivity index (χ1n) is 8.02. The van der Waals surface area contributed by atoms with Crippen LogP contribution in [0.15, 0.2) is 58.2 Å². The van der Waals surface area contributed by atoms with Gasteiger partial charge in [0.15, 0.2) is 9.86 Å². The number of para-hydroxylation sites is 1. The third-order valence-corrected chi connectivity index (χ3v) is 6.69. The van der Waals surface area contributed by atoms with Gasteiger partial charge in [0.05, 0.1) is 15.9 Å². The van der Waals surface area contributed by atoms with Crippen LogP contribution < -0.4 is 10.3 Å². The zero-order chi connectivity index (χ0) is 19.2. The number of nitrogens with one attached hydrogen (secondary N) is 1. The molecule has 1 N–H and O–H groups in total. The number of fused-ring (bicyclic) bond motifs is 3. The van der Waals surface area contributed by atoms with Gasteiger partial charge >= 0.3 is 0 Å². The molecule has 0 amide bonds. The van der Waals surface area contributed by atoms with Gasteiger partial charge in [-0.3, -0.25) is 4.79 Å². The lowest BCUT2D eigenvalue weighted by atomic mass is 10.2. The minimum atomic E-state index is -4.10. The number of benzene rings is 2. The van der Waals surface area contributed by atoms with Crippen molar-refractivity contribution in [3.05, 3.63) is 76.0 Å². The summed E-state index contributed by atoms with van der Waals surface area (Å²) in [6.07, 6.45) is 0. The molecular formula is C18H14FN3O3S2. The fraction of sp³-hybridized carbons (Fsp3) is 0.111. The molecule has 0 fully saturated rings. The molecule has 0 aliphatic rings. The summed E-state index contributed by atoms with van der Waals surface area (Å²) in [4.78, 5) is 17.4. The summed E-state index contributed by atoms with van der Waals surface area (Å²) in [5, 5.41) is 0. The van der Waals surface area contributed by atoms with Gasteiger partial charge in [-0.1, -0.05) is 35.6 Å². The third kappa shape index (κ3) is 3.14. The van der Waals surface area contributed by atoms with E-state index in [0.717, 1.165) is 4.70 Å². The van der Waals surface area contributed by atoms with Gasteiger partial charge in [0.2, 0.25) is 10.0 Å². The second kappa shape index (κ2) is 6.52. The predicted octanol–water partition coefficient (Wildman–Crippen LogP) is 2.84. The Kier molecular flexibility index (Phi) is 4.29. The molecule has 0 saturated carbocycles. The summed E-state index contributed by atoms with van der Waals surface area (Å²) in [7, 11) is -4.10. The molecule has 138 valence electrons. The van der Waals surface area contributed by atoms with E-state index in [1.165, 1.54) is 46.9 Å². The van der Waals surface area contributed by atoms with Crippen molar-refractivity contribution in [3.8, 4) is 0 Å². The van der Waals surface area contributed by atoms with Crippen molar-refractivity contribution in [2.24, 2.45) is 0 Å². The van der Waals surface area contributed by atoms with Crippen LogP contribution >= 0.6 is 11.3 Å². The lowest BCUT2D eigenvalue weighted by molar-refractivity contribution is 0.578. The fourth-order valence-corrected chi connectivity index (χ4v) is 5.18. The first-order chi connectivity index (χ1) is 12.9. The molecule has 6 nitrogen and oxygen atoms in total. The van der Waals surface area contributed by atoms with Crippen LogP contribution in [0.3, 0.4) is 0 Å². The van der Waals surface area contributed by atoms with Crippen molar-refractivity contribution in [2.75, 3.05) is 0 Å². The van der Waals surface area contributed by atoms with Gasteiger partial charge in [0.1, 0.15) is 5.82 Å². The number of rotatable bonds is 4. The molecule has 0 radical (unpaired) electrons. The maximum atomic E-state index is 13.0. The molecule has 0 bridgehead atoms. The van der Waals surface area contributed by atoms with Crippen molar-refractivity contribution < 1.29 is 12.8 Å². The van der Waals surface area contributed by atoms with E-state index in [1.807, 2.05) is 12.1 Å². The summed E-state index contributed by atoms with van der Waals surface area (Å²) >= 11 is 1.32. The minimum Gasteiger partial charge on any atom is -0.267 e. The van der Waals surface area contributed by atoms with Gasteiger partial charge in [-0.15, -0.1) is 0 Å². The summed E-state index contributed by atoms with van der Waals surface area (Å²) in [6, 6.07) is 12.7. The lowest BCUT2D eigenvalue weighted by Crippen LogP contribution is -2.32. The van der Waals surface area contributed by atoms with Crippen molar-refractivity contribution >= 4 is 36.5 Å². The Hall–Kier alpha value is -2.62. The molecule has 4 aromatic rings. The van der Waals surface area contributed by atoms with E-state index in [4.69, 9.17) is 0 Å². The smallest absolute Gasteiger partial charge is 0.267 e. The summed E-state index contributed by atoms with van der Waals surface area (Å²) in [6.45, 7) is 1.44. The number of aryl methyl sites for hydroxylation is 1. The van der Waals surface area contributed by atoms with E-state index in [0.29, 0.717) is 16.0 Å². The maximum absolute atomic E-state index is 13.0. The van der Waals surface area contributed by atoms with Crippen molar-refractivity contribution in [1.29, 1.82) is 0 Å². The molecule has 2 aromatic heterocycles. The van der Waals surface area contributed by atoms with Crippen LogP contribution in [0.1, 0.15) is 11.3 Å². The van der Waals surface area contributed by atoms with Gasteiger partial charge in [-0.2, -0.15) is 0 Å². The Morgan fingerprint density at radius 2 is 1.85 bits per heavy atom. The fourth-order valence-electron chi connectivity index (χ4n) is 2.86. The highest BCUT2D eigenvalue weighted by atomic mass is 32.2. The Balaban J connectivity index is 1.80. The number of hydrogen-bond acceptors (Lipinski definition) is 5. The lowest BCUT2D eigenvalue weighted by Gasteiger charge is -2.09. The van der Waals surface area contributed by atoms with Crippen LogP contribution in [0, 0.1) is 12.7 Å². The van der Waals surface area contributed by atoms with E-state index in [2.05, 4.69) is 9.71 Å². The van der Waals surface area contributed by atoms with Gasteiger partial charge < -0.3 is 0 Å². The van der Waals surface area contributed by atoms with E-state index >= 15 is 0 Å². The van der Waals surface area contributed by atoms with Crippen LogP contribution in [-0.2, 0) is 16.6 Å². The van der Waals surface area contributed by atoms with Crippen molar-refractivity contribution in [1.82, 2.24) is 14.1 Å². The van der Waals surface area contributed by atoms with Crippen molar-refractivity contribution in [3.63, 3.8) is 0 Å². The van der Waals surface area contributed by atoms with Gasteiger partial charge in [-0.25, -0.2) is 26.9 Å². The van der Waals surface area contributed by atoms with E-state index < -0.39 is 21.4 Å². The highest BCUT2D eigenvalue weighted by molar-refractivity contribution is 7.89. The summed E-state index contributed by atoms with van der Waals surface area (Å²) < 4.78 is 43.1. The molecular weight excluding hydrogens is 389 g/mol. The normalized spacial score (nSPS) is 12.1. The number of sulfonamides is 1. The topological polar surface area (TPSA) is 80.5 Å². The molecule has 0 atom stereocenters. The first kappa shape index (κ1) is 17.8. The maximum Gasteiger partial charge on any atom is 0.279 e. The van der Waals surface area contributed by atoms with E-state index in [1.54, 1.807) is 12.1 Å². The van der Waals surface area contributed by atoms with Crippen molar-refractivity contribution in [2.45, 2.75) is 18.4 Å². The second-order valence-corrected chi connectivity index (χ2v) is 8.68. The highest BCUT2D eigenvalue weighted by Crippen LogP contribution is 2.24. The number of nitrogens with zero attached hydrogens (tertiary/aromatic N) is 2. The first-order valence-corrected chi connectivity index (χ1v) is 10.3. The van der Waals surface area contributed by atoms with Crippen LogP contribution in [0.5, 0.6) is 0 Å². The highest BCUT2D eigenvalue weighted by Gasteiger charge is 2.25. The predicted molar refractivity (Wildman–Crippen MR) is 102 cm³/mol. The number of halogens is 1. The summed E-state index contributed by atoms with van der Waals surface area (Å²) in [5.74, 6) is -0.408. The van der Waals surface area contributed by atoms with Gasteiger partial charge in [-0.05, 0) is 36.8 Å². The number of thiazole rings is 1. The second-order valence-electron chi connectivity index (χ2n) is 5.97. The molecule has 9 heteroatoms. The standard InChI is InChI=1S/C18H14FN3O3S2/c1-11-16(27(24,25)20-10-12-6-8-13(19)9-7-12)17(23)22-14-4-2-3-5-15(14)26-18(22)21-11/h2-9,20H,10H2,1H3. The van der Waals surface area contributed by atoms with Gasteiger partial charge in [0, 0.05) is 6.54 Å². The molecule has 0 aliphatic heterocycles. The van der Waals surface area contributed by atoms with E-state index in [-0.39, 0.29) is 17.1 Å². The molecule has 0 aliphatic carbocycles. The molecule has 0 spiro atoms. The molecule has 2 heterocycles. The average Bonchev–Trinajstić information content (AvgIpc) is 2.99. The Morgan fingerprint density at radius 3 is 2.59 bits per heavy atom. The summed E-state index contributed by atoms with van der Waals surface area (Å²) in [5.41, 5.74) is 0.692. The minimum absolute atomic E-state index is 0.0609. The third-order valence-electron chi connectivity index (χ3n) is 4.14. The van der Waals surface area contributed by atoms with E-state index in [9.17, 15) is 17.6 Å². The zero-order valence-corrected chi connectivity index (χ0v) is 15.8. The van der Waals surface area contributed by atoms with Crippen LogP contribution in [0.2, 0.25) is 0 Å². The Morgan fingerprint density at radius 1 is 1.15 bits per heavy atom. The molecule has 4 rings (SSSR count). The molecule has 27 heavy (non-hydrogen) atoms. The van der Waals surface area contributed by atoms with Crippen LogP contribution in [0.4, 0.5) is 4.39 Å². The zero-order valence-electron chi connectivity index (χ0n) is 14.1. The number of hydrogen-bond donors (Lipinski definition) is 1. The monoisotopic (exact) mass is 403 g/mol.